The van der Waals surface area contributed by atoms with Gasteiger partial charge in [-0.05, 0) is 55.0 Å². The average Bonchev–Trinajstić information content (AvgIpc) is 3.40. The van der Waals surface area contributed by atoms with Gasteiger partial charge >= 0.3 is 0 Å². The average molecular weight is 586 g/mol. The number of nitrogens with one attached hydrogen (secondary N) is 1. The van der Waals surface area contributed by atoms with Crippen LogP contribution < -0.4 is 5.43 Å². The molecule has 1 N–H and O–H groups in total. The number of halogens is 2. The molecule has 0 saturated carbocycles. The fraction of sp³-hybridized carbons (Fsp3) is 0.214. The van der Waals surface area contributed by atoms with Crippen molar-refractivity contribution in [1.29, 1.82) is 0 Å². The van der Waals surface area contributed by atoms with E-state index < -0.39 is 10.0 Å². The van der Waals surface area contributed by atoms with Gasteiger partial charge in [-0.3, -0.25) is 5.43 Å². The zero-order chi connectivity index (χ0) is 26.5. The van der Waals surface area contributed by atoms with E-state index >= 15 is 0 Å². The first-order valence-corrected chi connectivity index (χ1v) is 15.3. The van der Waals surface area contributed by atoms with Crippen LogP contribution in [0.5, 0.6) is 0 Å². The second-order valence-corrected chi connectivity index (χ2v) is 12.8. The molecule has 0 amide bonds. The molecule has 1 aliphatic rings. The van der Waals surface area contributed by atoms with Gasteiger partial charge in [0.05, 0.1) is 21.8 Å². The molecule has 0 spiro atoms. The maximum absolute atomic E-state index is 13.3. The van der Waals surface area contributed by atoms with Crippen molar-refractivity contribution >= 4 is 55.9 Å². The number of hydrogen-bond donors (Lipinski definition) is 1. The van der Waals surface area contributed by atoms with E-state index in [1.165, 1.54) is 16.9 Å². The lowest BCUT2D eigenvalue weighted by atomic mass is 9.91. The molecule has 196 valence electrons. The van der Waals surface area contributed by atoms with Crippen molar-refractivity contribution in [3.63, 3.8) is 0 Å². The molecule has 6 nitrogen and oxygen atoms in total. The summed E-state index contributed by atoms with van der Waals surface area (Å²) in [6.07, 6.45) is 4.33. The summed E-state index contributed by atoms with van der Waals surface area (Å²) >= 11 is 13.5. The maximum atomic E-state index is 13.3. The van der Waals surface area contributed by atoms with Gasteiger partial charge in [0.2, 0.25) is 15.2 Å². The van der Waals surface area contributed by atoms with E-state index in [9.17, 15) is 8.42 Å². The number of benzene rings is 3. The lowest BCUT2D eigenvalue weighted by Crippen LogP contribution is -2.38. The SMILES string of the molecule is O=S(=O)(c1ccc(-c2csc(NN=Cc3ccc(Cl)cc3Cl)n2)cc1)N1CCC(Cc2ccccc2)CC1. The van der Waals surface area contributed by atoms with Crippen LogP contribution in [0.3, 0.4) is 0 Å². The van der Waals surface area contributed by atoms with Gasteiger partial charge in [-0.1, -0.05) is 71.7 Å². The standard InChI is InChI=1S/C28H26Cl2N4O2S2/c29-24-9-6-23(26(30)17-24)18-31-33-28-32-27(19-37-28)22-7-10-25(11-8-22)38(35,36)34-14-12-21(13-15-34)16-20-4-2-1-3-5-20/h1-11,17-19,21H,12-16H2,(H,32,33). The second-order valence-electron chi connectivity index (χ2n) is 9.14. The summed E-state index contributed by atoms with van der Waals surface area (Å²) in [5, 5.41) is 7.77. The summed E-state index contributed by atoms with van der Waals surface area (Å²) in [6.45, 7) is 1.09. The number of sulfonamides is 1. The Morgan fingerprint density at radius 2 is 1.76 bits per heavy atom. The molecule has 1 aromatic heterocycles. The number of anilines is 1. The zero-order valence-corrected chi connectivity index (χ0v) is 23.6. The molecule has 0 unspecified atom stereocenters. The minimum Gasteiger partial charge on any atom is -0.253 e. The quantitative estimate of drug-likeness (QED) is 0.175. The Labute approximate surface area is 237 Å². The molecular weight excluding hydrogens is 559 g/mol. The summed E-state index contributed by atoms with van der Waals surface area (Å²) in [6, 6.07) is 22.5. The lowest BCUT2D eigenvalue weighted by Gasteiger charge is -2.31. The Morgan fingerprint density at radius 1 is 1.03 bits per heavy atom. The van der Waals surface area contributed by atoms with Gasteiger partial charge < -0.3 is 0 Å². The Balaban J connectivity index is 1.18. The fourth-order valence-electron chi connectivity index (χ4n) is 4.47. The third-order valence-corrected chi connectivity index (χ3v) is 9.78. The Hall–Kier alpha value is -2.75. The number of aromatic nitrogens is 1. The van der Waals surface area contributed by atoms with Gasteiger partial charge in [-0.15, -0.1) is 11.3 Å². The first-order valence-electron chi connectivity index (χ1n) is 12.2. The van der Waals surface area contributed by atoms with Crippen LogP contribution in [-0.2, 0) is 16.4 Å². The van der Waals surface area contributed by atoms with Crippen molar-refractivity contribution in [3.8, 4) is 11.3 Å². The van der Waals surface area contributed by atoms with Crippen LogP contribution in [0.1, 0.15) is 24.0 Å². The number of hydrogen-bond acceptors (Lipinski definition) is 6. The van der Waals surface area contributed by atoms with Gasteiger partial charge in [0.1, 0.15) is 0 Å². The van der Waals surface area contributed by atoms with E-state index in [0.717, 1.165) is 36.1 Å². The van der Waals surface area contributed by atoms with E-state index in [2.05, 4.69) is 39.8 Å². The van der Waals surface area contributed by atoms with Crippen molar-refractivity contribution in [2.24, 2.45) is 11.0 Å². The van der Waals surface area contributed by atoms with Crippen molar-refractivity contribution in [1.82, 2.24) is 9.29 Å². The Kier molecular flexibility index (Phi) is 8.45. The number of thiazole rings is 1. The number of rotatable bonds is 8. The zero-order valence-electron chi connectivity index (χ0n) is 20.4. The summed E-state index contributed by atoms with van der Waals surface area (Å²) in [7, 11) is -3.53. The molecule has 1 fully saturated rings. The summed E-state index contributed by atoms with van der Waals surface area (Å²) in [5.74, 6) is 0.506. The monoisotopic (exact) mass is 584 g/mol. The number of piperidine rings is 1. The predicted octanol–water partition coefficient (Wildman–Crippen LogP) is 7.21. The maximum Gasteiger partial charge on any atom is 0.243 e. The highest BCUT2D eigenvalue weighted by Crippen LogP contribution is 2.29. The molecule has 0 bridgehead atoms. The highest BCUT2D eigenvalue weighted by molar-refractivity contribution is 7.89. The molecule has 10 heteroatoms. The minimum atomic E-state index is -3.53. The molecular formula is C28H26Cl2N4O2S2. The van der Waals surface area contributed by atoms with Gasteiger partial charge in [0.15, 0.2) is 0 Å². The molecule has 3 aromatic carbocycles. The Morgan fingerprint density at radius 3 is 2.47 bits per heavy atom. The van der Waals surface area contributed by atoms with Gasteiger partial charge in [-0.2, -0.15) is 9.41 Å². The smallest absolute Gasteiger partial charge is 0.243 e. The molecule has 0 atom stereocenters. The van der Waals surface area contributed by atoms with Crippen molar-refractivity contribution in [3.05, 3.63) is 99.3 Å². The highest BCUT2D eigenvalue weighted by Gasteiger charge is 2.29. The molecule has 5 rings (SSSR count). The minimum absolute atomic E-state index is 0.306. The van der Waals surface area contributed by atoms with Crippen molar-refractivity contribution < 1.29 is 8.42 Å². The van der Waals surface area contributed by atoms with Crippen molar-refractivity contribution in [2.75, 3.05) is 18.5 Å². The van der Waals surface area contributed by atoms with Gasteiger partial charge in [-0.25, -0.2) is 13.4 Å². The van der Waals surface area contributed by atoms with E-state index in [-0.39, 0.29) is 0 Å². The largest absolute Gasteiger partial charge is 0.253 e. The van der Waals surface area contributed by atoms with E-state index in [1.54, 1.807) is 53.0 Å². The molecule has 0 radical (unpaired) electrons. The van der Waals surface area contributed by atoms with E-state index in [0.29, 0.717) is 39.1 Å². The normalized spacial score (nSPS) is 15.2. The number of hydrazone groups is 1. The first kappa shape index (κ1) is 26.8. The topological polar surface area (TPSA) is 74.7 Å². The second kappa shape index (κ2) is 12.0. The van der Waals surface area contributed by atoms with Crippen LogP contribution in [0.2, 0.25) is 10.0 Å². The van der Waals surface area contributed by atoms with Crippen LogP contribution >= 0.6 is 34.5 Å². The molecule has 38 heavy (non-hydrogen) atoms. The van der Waals surface area contributed by atoms with Crippen LogP contribution in [-0.4, -0.2) is 37.0 Å². The van der Waals surface area contributed by atoms with Crippen LogP contribution in [0, 0.1) is 5.92 Å². The fourth-order valence-corrected chi connectivity index (χ4v) is 7.06. The number of nitrogens with zero attached hydrogens (tertiary/aromatic N) is 3. The molecule has 4 aromatic rings. The first-order chi connectivity index (χ1) is 18.4. The van der Waals surface area contributed by atoms with Crippen LogP contribution in [0.25, 0.3) is 11.3 Å². The predicted molar refractivity (Wildman–Crippen MR) is 157 cm³/mol. The highest BCUT2D eigenvalue weighted by atomic mass is 35.5. The summed E-state index contributed by atoms with van der Waals surface area (Å²) < 4.78 is 28.1. The van der Waals surface area contributed by atoms with Gasteiger partial charge in [0.25, 0.3) is 0 Å². The molecule has 1 aliphatic heterocycles. The van der Waals surface area contributed by atoms with Crippen LogP contribution in [0.15, 0.2) is 88.2 Å². The summed E-state index contributed by atoms with van der Waals surface area (Å²) in [5.41, 5.74) is 6.52. The Bertz CT molecular complexity index is 1520. The van der Waals surface area contributed by atoms with Crippen molar-refractivity contribution in [2.45, 2.75) is 24.2 Å². The van der Waals surface area contributed by atoms with E-state index in [4.69, 9.17) is 23.2 Å². The van der Waals surface area contributed by atoms with E-state index in [1.807, 2.05) is 11.4 Å². The molecule has 1 saturated heterocycles. The summed E-state index contributed by atoms with van der Waals surface area (Å²) in [4.78, 5) is 4.86. The van der Waals surface area contributed by atoms with Gasteiger partial charge in [0, 0.05) is 34.6 Å². The molecule has 2 heterocycles. The third kappa shape index (κ3) is 6.45. The third-order valence-electron chi connectivity index (χ3n) is 6.56. The van der Waals surface area contributed by atoms with Crippen LogP contribution in [0.4, 0.5) is 5.13 Å². The molecule has 0 aliphatic carbocycles. The lowest BCUT2D eigenvalue weighted by molar-refractivity contribution is 0.273.